The van der Waals surface area contributed by atoms with E-state index < -0.39 is 17.7 Å². The van der Waals surface area contributed by atoms with Gasteiger partial charge in [-0.1, -0.05) is 42.0 Å². The van der Waals surface area contributed by atoms with Gasteiger partial charge in [0.25, 0.3) is 11.7 Å². The van der Waals surface area contributed by atoms with E-state index in [-0.39, 0.29) is 17.9 Å². The average Bonchev–Trinajstić information content (AvgIpc) is 3.14. The van der Waals surface area contributed by atoms with Crippen LogP contribution in [-0.2, 0) is 16.1 Å². The number of benzene rings is 3. The lowest BCUT2D eigenvalue weighted by atomic mass is 9.94. The highest BCUT2D eigenvalue weighted by Crippen LogP contribution is 2.42. The summed E-state index contributed by atoms with van der Waals surface area (Å²) in [6.07, 6.45) is 0. The number of anilines is 1. The Bertz CT molecular complexity index is 1360. The molecule has 0 bridgehead atoms. The molecule has 1 atom stereocenters. The molecular weight excluding hydrogens is 456 g/mol. The van der Waals surface area contributed by atoms with E-state index in [2.05, 4.69) is 0 Å². The minimum Gasteiger partial charge on any atom is -0.507 e. The van der Waals surface area contributed by atoms with Crippen molar-refractivity contribution in [1.29, 1.82) is 0 Å². The van der Waals surface area contributed by atoms with Gasteiger partial charge in [0.05, 0.1) is 31.0 Å². The van der Waals surface area contributed by atoms with Crippen molar-refractivity contribution in [1.82, 2.24) is 4.90 Å². The highest BCUT2D eigenvalue weighted by molar-refractivity contribution is 6.46. The fourth-order valence-electron chi connectivity index (χ4n) is 4.81. The molecule has 1 amide bonds. The lowest BCUT2D eigenvalue weighted by Crippen LogP contribution is -2.29. The number of carbonyl (C=O) groups is 2. The molecule has 0 saturated carbocycles. The topological polar surface area (TPSA) is 79.3 Å². The molecule has 3 aromatic rings. The van der Waals surface area contributed by atoms with Crippen molar-refractivity contribution < 1.29 is 24.2 Å². The Labute approximate surface area is 210 Å². The molecule has 0 radical (unpaired) electrons. The summed E-state index contributed by atoms with van der Waals surface area (Å²) in [6.45, 7) is 3.47. The van der Waals surface area contributed by atoms with E-state index in [1.54, 1.807) is 25.3 Å². The van der Waals surface area contributed by atoms with Gasteiger partial charge in [0.15, 0.2) is 0 Å². The predicted molar refractivity (Wildman–Crippen MR) is 137 cm³/mol. The number of ketones is 1. The molecular formula is C29H28N2O5. The van der Waals surface area contributed by atoms with Crippen LogP contribution in [0.5, 0.6) is 11.5 Å². The number of rotatable bonds is 5. The van der Waals surface area contributed by atoms with Crippen LogP contribution in [0.3, 0.4) is 0 Å². The Morgan fingerprint density at radius 3 is 2.58 bits per heavy atom. The van der Waals surface area contributed by atoms with Crippen LogP contribution in [0.25, 0.3) is 5.76 Å². The molecule has 1 unspecified atom stereocenters. The van der Waals surface area contributed by atoms with Crippen LogP contribution in [0.4, 0.5) is 5.69 Å². The maximum atomic E-state index is 13.4. The van der Waals surface area contributed by atoms with Crippen LogP contribution < -0.4 is 14.4 Å². The number of amides is 1. The molecule has 0 spiro atoms. The second kappa shape index (κ2) is 9.41. The maximum absolute atomic E-state index is 13.4. The third kappa shape index (κ3) is 4.17. The average molecular weight is 485 g/mol. The van der Waals surface area contributed by atoms with Crippen LogP contribution >= 0.6 is 0 Å². The third-order valence-electron chi connectivity index (χ3n) is 6.74. The number of likely N-dealkylation sites (N-methyl/N-ethyl adjacent to an activating group) is 1. The van der Waals surface area contributed by atoms with E-state index in [0.717, 1.165) is 28.1 Å². The van der Waals surface area contributed by atoms with Gasteiger partial charge in [-0.3, -0.25) is 9.59 Å². The monoisotopic (exact) mass is 484 g/mol. The van der Waals surface area contributed by atoms with Crippen LogP contribution in [0, 0.1) is 6.92 Å². The van der Waals surface area contributed by atoms with Crippen LogP contribution in [0.2, 0.25) is 0 Å². The second-order valence-corrected chi connectivity index (χ2v) is 9.14. The van der Waals surface area contributed by atoms with Crippen molar-refractivity contribution in [2.75, 3.05) is 32.2 Å². The first kappa shape index (κ1) is 23.5. The summed E-state index contributed by atoms with van der Waals surface area (Å²) >= 11 is 0. The summed E-state index contributed by atoms with van der Waals surface area (Å²) in [7, 11) is 3.54. The number of aliphatic hydroxyl groups excluding tert-OH is 1. The van der Waals surface area contributed by atoms with Gasteiger partial charge in [-0.2, -0.15) is 0 Å². The standard InChI is InChI=1S/C29H28N2O5/c1-18-5-4-6-20(15-18)26-25(27(32)21-9-12-24-23(16-21)30(2)13-14-36-24)28(33)29(34)31(26)17-19-7-10-22(35-3)11-8-19/h4-12,15-16,26,32H,13-14,17H2,1-3H3/b27-25-. The number of Topliss-reactive ketones (excluding diaryl/α,β-unsaturated/α-hetero) is 1. The molecule has 184 valence electrons. The summed E-state index contributed by atoms with van der Waals surface area (Å²) in [4.78, 5) is 30.3. The summed E-state index contributed by atoms with van der Waals surface area (Å²) in [5.74, 6) is -0.112. The zero-order valence-corrected chi connectivity index (χ0v) is 20.5. The van der Waals surface area contributed by atoms with Gasteiger partial charge in [-0.05, 0) is 48.4 Å². The number of fused-ring (bicyclic) bond motifs is 1. The van der Waals surface area contributed by atoms with E-state index in [1.165, 1.54) is 4.90 Å². The fraction of sp³-hybridized carbons (Fsp3) is 0.241. The first-order valence-electron chi connectivity index (χ1n) is 11.8. The number of nitrogens with zero attached hydrogens (tertiary/aromatic N) is 2. The number of likely N-dealkylation sites (tertiary alicyclic amines) is 1. The van der Waals surface area contributed by atoms with Gasteiger partial charge >= 0.3 is 0 Å². The second-order valence-electron chi connectivity index (χ2n) is 9.14. The number of carbonyl (C=O) groups excluding carboxylic acids is 2. The van der Waals surface area contributed by atoms with Gasteiger partial charge in [-0.15, -0.1) is 0 Å². The lowest BCUT2D eigenvalue weighted by molar-refractivity contribution is -0.140. The zero-order valence-electron chi connectivity index (χ0n) is 20.5. The van der Waals surface area contributed by atoms with Gasteiger partial charge in [-0.25, -0.2) is 0 Å². The van der Waals surface area contributed by atoms with Crippen LogP contribution in [-0.4, -0.2) is 49.0 Å². The minimum absolute atomic E-state index is 0.0819. The molecule has 2 aliphatic heterocycles. The van der Waals surface area contributed by atoms with Gasteiger partial charge in [0.1, 0.15) is 23.9 Å². The molecule has 7 heteroatoms. The number of hydrogen-bond acceptors (Lipinski definition) is 6. The highest BCUT2D eigenvalue weighted by atomic mass is 16.5. The first-order chi connectivity index (χ1) is 17.4. The maximum Gasteiger partial charge on any atom is 0.295 e. The van der Waals surface area contributed by atoms with Crippen LogP contribution in [0.1, 0.15) is 28.3 Å². The molecule has 0 aromatic heterocycles. The van der Waals surface area contributed by atoms with E-state index in [0.29, 0.717) is 24.5 Å². The van der Waals surface area contributed by atoms with Gasteiger partial charge < -0.3 is 24.4 Å². The van der Waals surface area contributed by atoms with Crippen molar-refractivity contribution >= 4 is 23.1 Å². The summed E-state index contributed by atoms with van der Waals surface area (Å²) < 4.78 is 11.0. The van der Waals surface area contributed by atoms with Crippen molar-refractivity contribution in [3.8, 4) is 11.5 Å². The number of hydrogen-bond donors (Lipinski definition) is 1. The van der Waals surface area contributed by atoms with Crippen molar-refractivity contribution in [2.24, 2.45) is 0 Å². The smallest absolute Gasteiger partial charge is 0.295 e. The molecule has 1 fully saturated rings. The third-order valence-corrected chi connectivity index (χ3v) is 6.74. The molecule has 3 aromatic carbocycles. The molecule has 2 heterocycles. The Morgan fingerprint density at radius 1 is 1.08 bits per heavy atom. The van der Waals surface area contributed by atoms with E-state index in [9.17, 15) is 14.7 Å². The summed E-state index contributed by atoms with van der Waals surface area (Å²) in [5, 5.41) is 11.5. The van der Waals surface area contributed by atoms with Crippen LogP contribution in [0.15, 0.2) is 72.3 Å². The van der Waals surface area contributed by atoms with E-state index in [1.807, 2.05) is 67.4 Å². The zero-order chi connectivity index (χ0) is 25.4. The quantitative estimate of drug-likeness (QED) is 0.327. The summed E-state index contributed by atoms with van der Waals surface area (Å²) in [6, 6.07) is 19.6. The first-order valence-corrected chi connectivity index (χ1v) is 11.8. The Kier molecular flexibility index (Phi) is 6.14. The number of aryl methyl sites for hydroxylation is 1. The predicted octanol–water partition coefficient (Wildman–Crippen LogP) is 4.45. The van der Waals surface area contributed by atoms with E-state index in [4.69, 9.17) is 9.47 Å². The molecule has 36 heavy (non-hydrogen) atoms. The molecule has 2 aliphatic rings. The SMILES string of the molecule is COc1ccc(CN2C(=O)C(=O)/C(=C(\O)c3ccc4c(c3)N(C)CCO4)C2c2cccc(C)c2)cc1. The van der Waals surface area contributed by atoms with Crippen molar-refractivity contribution in [3.63, 3.8) is 0 Å². The number of aliphatic hydroxyl groups is 1. The molecule has 7 nitrogen and oxygen atoms in total. The minimum atomic E-state index is -0.725. The van der Waals surface area contributed by atoms with Gasteiger partial charge in [0.2, 0.25) is 0 Å². The summed E-state index contributed by atoms with van der Waals surface area (Å²) in [5.41, 5.74) is 3.98. The Morgan fingerprint density at radius 2 is 1.86 bits per heavy atom. The molecule has 1 N–H and O–H groups in total. The fourth-order valence-corrected chi connectivity index (χ4v) is 4.81. The Balaban J connectivity index is 1.62. The Hall–Kier alpha value is -4.26. The van der Waals surface area contributed by atoms with Crippen molar-refractivity contribution in [3.05, 3.63) is 94.6 Å². The highest BCUT2D eigenvalue weighted by Gasteiger charge is 2.46. The largest absolute Gasteiger partial charge is 0.507 e. The lowest BCUT2D eigenvalue weighted by Gasteiger charge is -2.28. The normalized spacial score (nSPS) is 18.7. The van der Waals surface area contributed by atoms with Gasteiger partial charge in [0, 0.05) is 19.2 Å². The molecule has 0 aliphatic carbocycles. The molecule has 5 rings (SSSR count). The number of ether oxygens (including phenoxy) is 2. The van der Waals surface area contributed by atoms with Crippen molar-refractivity contribution in [2.45, 2.75) is 19.5 Å². The molecule has 1 saturated heterocycles. The number of methoxy groups -OCH3 is 1. The van der Waals surface area contributed by atoms with E-state index >= 15 is 0 Å².